The zero-order chi connectivity index (χ0) is 15.4. The zero-order valence-corrected chi connectivity index (χ0v) is 12.9. The lowest BCUT2D eigenvalue weighted by atomic mass is 10.1. The Bertz CT molecular complexity index is 656. The van der Waals surface area contributed by atoms with Crippen molar-refractivity contribution in [1.29, 1.82) is 0 Å². The number of hydrogen-bond acceptors (Lipinski definition) is 3. The van der Waals surface area contributed by atoms with Crippen molar-refractivity contribution in [1.82, 2.24) is 0 Å². The quantitative estimate of drug-likeness (QED) is 0.390. The molecular weight excluding hydrogens is 309 g/mol. The van der Waals surface area contributed by atoms with Crippen molar-refractivity contribution in [3.63, 3.8) is 0 Å². The van der Waals surface area contributed by atoms with Crippen molar-refractivity contribution in [3.8, 4) is 0 Å². The minimum absolute atomic E-state index is 0.0914. The van der Waals surface area contributed by atoms with E-state index in [4.69, 9.17) is 34.1 Å². The van der Waals surface area contributed by atoms with Gasteiger partial charge in [0.15, 0.2) is 5.84 Å². The predicted molar refractivity (Wildman–Crippen MR) is 87.5 cm³/mol. The van der Waals surface area contributed by atoms with Crippen molar-refractivity contribution in [3.05, 3.63) is 63.6 Å². The molecule has 0 bridgehead atoms. The lowest BCUT2D eigenvalue weighted by Crippen LogP contribution is -2.17. The molecule has 110 valence electrons. The maximum atomic E-state index is 8.64. The molecule has 0 saturated heterocycles. The molecule has 4 nitrogen and oxygen atoms in total. The minimum atomic E-state index is 0.0914. The smallest absolute Gasteiger partial charge is 0.170 e. The highest BCUT2D eigenvalue weighted by atomic mass is 35.5. The minimum Gasteiger partial charge on any atom is -0.409 e. The summed E-state index contributed by atoms with van der Waals surface area (Å²) in [6.07, 6.45) is 0. The third-order valence-electron chi connectivity index (χ3n) is 3.12. The second kappa shape index (κ2) is 6.70. The van der Waals surface area contributed by atoms with E-state index in [0.717, 1.165) is 11.3 Å². The van der Waals surface area contributed by atoms with Crippen LogP contribution in [0.25, 0.3) is 0 Å². The number of nitrogens with two attached hydrogens (primary N) is 1. The van der Waals surface area contributed by atoms with Crippen LogP contribution in [0.3, 0.4) is 0 Å². The number of oxime groups is 1. The van der Waals surface area contributed by atoms with Gasteiger partial charge in [-0.15, -0.1) is 0 Å². The van der Waals surface area contributed by atoms with E-state index in [-0.39, 0.29) is 5.84 Å². The molecule has 0 unspecified atom stereocenters. The summed E-state index contributed by atoms with van der Waals surface area (Å²) in [4.78, 5) is 2.07. The van der Waals surface area contributed by atoms with Crippen molar-refractivity contribution >= 4 is 34.7 Å². The summed E-state index contributed by atoms with van der Waals surface area (Å²) in [5.74, 6) is 0.0914. The Morgan fingerprint density at radius 2 is 1.81 bits per heavy atom. The van der Waals surface area contributed by atoms with Gasteiger partial charge in [0.1, 0.15) is 0 Å². The van der Waals surface area contributed by atoms with Crippen LogP contribution in [0.2, 0.25) is 10.0 Å². The molecule has 21 heavy (non-hydrogen) atoms. The van der Waals surface area contributed by atoms with Crippen molar-refractivity contribution in [2.45, 2.75) is 6.54 Å². The fraction of sp³-hybridized carbons (Fsp3) is 0.133. The monoisotopic (exact) mass is 323 g/mol. The lowest BCUT2D eigenvalue weighted by molar-refractivity contribution is 0.318. The van der Waals surface area contributed by atoms with E-state index < -0.39 is 0 Å². The fourth-order valence-corrected chi connectivity index (χ4v) is 2.27. The normalized spacial score (nSPS) is 11.5. The lowest BCUT2D eigenvalue weighted by Gasteiger charge is -2.20. The second-order valence-electron chi connectivity index (χ2n) is 4.64. The van der Waals surface area contributed by atoms with E-state index in [1.807, 2.05) is 31.3 Å². The van der Waals surface area contributed by atoms with E-state index in [0.29, 0.717) is 22.2 Å². The molecule has 0 amide bonds. The van der Waals surface area contributed by atoms with E-state index in [1.54, 1.807) is 18.2 Å². The van der Waals surface area contributed by atoms with Crippen LogP contribution >= 0.6 is 23.2 Å². The summed E-state index contributed by atoms with van der Waals surface area (Å²) in [6.45, 7) is 0.694. The van der Waals surface area contributed by atoms with Gasteiger partial charge in [0.2, 0.25) is 0 Å². The first-order chi connectivity index (χ1) is 10.0. The maximum Gasteiger partial charge on any atom is 0.170 e. The first-order valence-corrected chi connectivity index (χ1v) is 7.00. The van der Waals surface area contributed by atoms with Crippen molar-refractivity contribution in [2.24, 2.45) is 10.9 Å². The molecule has 2 aromatic carbocycles. The molecule has 2 rings (SSSR count). The molecule has 2 aromatic rings. The Kier molecular flexibility index (Phi) is 4.94. The Labute approximate surface area is 133 Å². The Morgan fingerprint density at radius 1 is 1.14 bits per heavy atom. The highest BCUT2D eigenvalue weighted by Crippen LogP contribution is 2.24. The average molecular weight is 324 g/mol. The molecule has 0 radical (unpaired) electrons. The average Bonchev–Trinajstić information content (AvgIpc) is 2.50. The fourth-order valence-electron chi connectivity index (χ4n) is 1.95. The summed E-state index contributed by atoms with van der Waals surface area (Å²) >= 11 is 11.9. The largest absolute Gasteiger partial charge is 0.409 e. The van der Waals surface area contributed by atoms with Gasteiger partial charge in [0, 0.05) is 24.8 Å². The predicted octanol–water partition coefficient (Wildman–Crippen LogP) is 3.72. The summed E-state index contributed by atoms with van der Waals surface area (Å²) in [6, 6.07) is 13.0. The maximum absolute atomic E-state index is 8.64. The van der Waals surface area contributed by atoms with Crippen LogP contribution in [0.5, 0.6) is 0 Å². The van der Waals surface area contributed by atoms with Gasteiger partial charge < -0.3 is 15.8 Å². The van der Waals surface area contributed by atoms with Gasteiger partial charge in [-0.25, -0.2) is 0 Å². The number of amidine groups is 1. The van der Waals surface area contributed by atoms with E-state index in [9.17, 15) is 0 Å². The molecule has 3 N–H and O–H groups in total. The second-order valence-corrected chi connectivity index (χ2v) is 5.45. The molecule has 0 spiro atoms. The highest BCUT2D eigenvalue weighted by molar-refractivity contribution is 6.42. The topological polar surface area (TPSA) is 61.8 Å². The van der Waals surface area contributed by atoms with Crippen LogP contribution in [-0.2, 0) is 6.54 Å². The first-order valence-electron chi connectivity index (χ1n) is 6.24. The molecule has 0 fully saturated rings. The number of anilines is 1. The highest BCUT2D eigenvalue weighted by Gasteiger charge is 2.06. The van der Waals surface area contributed by atoms with Crippen LogP contribution in [0, 0.1) is 0 Å². The molecular formula is C15H15Cl2N3O. The molecule has 6 heteroatoms. The third kappa shape index (κ3) is 3.80. The summed E-state index contributed by atoms with van der Waals surface area (Å²) in [5.41, 5.74) is 8.28. The Hall–Kier alpha value is -1.91. The standard InChI is InChI=1S/C15H15Cl2N3O/c1-20(9-10-2-7-13(16)14(17)8-10)12-5-3-11(4-6-12)15(18)19-21/h2-8,21H,9H2,1H3,(H2,18,19). The molecule has 0 aliphatic carbocycles. The van der Waals surface area contributed by atoms with E-state index in [1.165, 1.54) is 0 Å². The summed E-state index contributed by atoms with van der Waals surface area (Å²) in [5, 5.41) is 12.7. The van der Waals surface area contributed by atoms with Crippen LogP contribution in [-0.4, -0.2) is 18.1 Å². The molecule has 0 aliphatic rings. The van der Waals surface area contributed by atoms with Gasteiger partial charge in [-0.3, -0.25) is 0 Å². The van der Waals surface area contributed by atoms with Crippen molar-refractivity contribution < 1.29 is 5.21 Å². The van der Waals surface area contributed by atoms with Crippen molar-refractivity contribution in [2.75, 3.05) is 11.9 Å². The van der Waals surface area contributed by atoms with Gasteiger partial charge in [-0.05, 0) is 42.0 Å². The molecule has 0 atom stereocenters. The van der Waals surface area contributed by atoms with E-state index in [2.05, 4.69) is 10.1 Å². The number of nitrogens with zero attached hydrogens (tertiary/aromatic N) is 2. The summed E-state index contributed by atoms with van der Waals surface area (Å²) < 4.78 is 0. The van der Waals surface area contributed by atoms with Crippen LogP contribution in [0.1, 0.15) is 11.1 Å². The molecule has 0 aromatic heterocycles. The van der Waals surface area contributed by atoms with Crippen LogP contribution < -0.4 is 10.6 Å². The Balaban J connectivity index is 2.12. The van der Waals surface area contributed by atoms with Gasteiger partial charge in [0.25, 0.3) is 0 Å². The molecule has 0 aliphatic heterocycles. The van der Waals surface area contributed by atoms with Gasteiger partial charge in [0.05, 0.1) is 10.0 Å². The third-order valence-corrected chi connectivity index (χ3v) is 3.85. The molecule has 0 saturated carbocycles. The molecule has 0 heterocycles. The van der Waals surface area contributed by atoms with Crippen LogP contribution in [0.15, 0.2) is 47.6 Å². The number of hydrogen-bond donors (Lipinski definition) is 2. The van der Waals surface area contributed by atoms with Gasteiger partial charge in [-0.1, -0.05) is 34.4 Å². The number of benzene rings is 2. The van der Waals surface area contributed by atoms with Crippen LogP contribution in [0.4, 0.5) is 5.69 Å². The SMILES string of the molecule is CN(Cc1ccc(Cl)c(Cl)c1)c1ccc(C(N)=NO)cc1. The van der Waals surface area contributed by atoms with Gasteiger partial charge in [-0.2, -0.15) is 0 Å². The summed E-state index contributed by atoms with van der Waals surface area (Å²) in [7, 11) is 1.97. The first kappa shape index (κ1) is 15.5. The number of halogens is 2. The Morgan fingerprint density at radius 3 is 2.38 bits per heavy atom. The number of rotatable bonds is 4. The zero-order valence-electron chi connectivity index (χ0n) is 11.4. The van der Waals surface area contributed by atoms with Gasteiger partial charge >= 0.3 is 0 Å². The van der Waals surface area contributed by atoms with E-state index >= 15 is 0 Å².